The molecule has 1 aromatic rings. The van der Waals surface area contributed by atoms with Gasteiger partial charge in [0.05, 0.1) is 0 Å². The van der Waals surface area contributed by atoms with Crippen LogP contribution in [0.25, 0.3) is 0 Å². The monoisotopic (exact) mass is 189 g/mol. The normalized spacial score (nSPS) is 15.1. The Labute approximate surface area is 84.0 Å². The van der Waals surface area contributed by atoms with E-state index in [0.717, 1.165) is 18.5 Å². The van der Waals surface area contributed by atoms with Crippen molar-refractivity contribution in [3.05, 3.63) is 29.3 Å². The highest BCUT2D eigenvalue weighted by atomic mass is 15.1. The van der Waals surface area contributed by atoms with E-state index in [1.54, 1.807) is 0 Å². The number of rotatable bonds is 1. The second kappa shape index (κ2) is 3.33. The van der Waals surface area contributed by atoms with Crippen LogP contribution in [0.5, 0.6) is 0 Å². The standard InChI is InChI=1S/C11H15N3/c1-14-6-2-3-8-7-9(11(12)13)4-5-10(8)14/h4-5,7H,2-3,6H2,1H3,(H3,12,13). The summed E-state index contributed by atoms with van der Waals surface area (Å²) in [7, 11) is 2.10. The summed E-state index contributed by atoms with van der Waals surface area (Å²) >= 11 is 0. The molecule has 0 saturated carbocycles. The molecule has 0 bridgehead atoms. The Balaban J connectivity index is 2.44. The van der Waals surface area contributed by atoms with Gasteiger partial charge in [-0.05, 0) is 36.6 Å². The van der Waals surface area contributed by atoms with E-state index in [1.807, 2.05) is 12.1 Å². The average molecular weight is 189 g/mol. The molecule has 3 heteroatoms. The Hall–Kier alpha value is -1.51. The molecule has 1 heterocycles. The van der Waals surface area contributed by atoms with Crippen molar-refractivity contribution in [1.82, 2.24) is 0 Å². The molecule has 0 spiro atoms. The number of nitrogens with two attached hydrogens (primary N) is 1. The van der Waals surface area contributed by atoms with Crippen molar-refractivity contribution in [1.29, 1.82) is 5.41 Å². The van der Waals surface area contributed by atoms with Gasteiger partial charge in [-0.15, -0.1) is 0 Å². The minimum absolute atomic E-state index is 0.154. The van der Waals surface area contributed by atoms with Gasteiger partial charge in [0.1, 0.15) is 5.84 Å². The molecule has 0 amide bonds. The lowest BCUT2D eigenvalue weighted by Crippen LogP contribution is -2.25. The van der Waals surface area contributed by atoms with E-state index in [0.29, 0.717) is 0 Å². The van der Waals surface area contributed by atoms with Gasteiger partial charge in [0.25, 0.3) is 0 Å². The van der Waals surface area contributed by atoms with Gasteiger partial charge in [0.2, 0.25) is 0 Å². The topological polar surface area (TPSA) is 53.1 Å². The second-order valence-corrected chi connectivity index (χ2v) is 3.78. The molecule has 0 aliphatic carbocycles. The maximum atomic E-state index is 7.37. The fourth-order valence-electron chi connectivity index (χ4n) is 1.95. The highest BCUT2D eigenvalue weighted by molar-refractivity contribution is 5.95. The summed E-state index contributed by atoms with van der Waals surface area (Å²) in [6.07, 6.45) is 2.28. The number of anilines is 1. The van der Waals surface area contributed by atoms with Crippen molar-refractivity contribution in [2.75, 3.05) is 18.5 Å². The third-order valence-corrected chi connectivity index (χ3v) is 2.74. The molecule has 0 radical (unpaired) electrons. The third kappa shape index (κ3) is 1.45. The Morgan fingerprint density at radius 2 is 2.29 bits per heavy atom. The molecule has 0 saturated heterocycles. The van der Waals surface area contributed by atoms with Crippen molar-refractivity contribution in [3.63, 3.8) is 0 Å². The molecule has 14 heavy (non-hydrogen) atoms. The van der Waals surface area contributed by atoms with Crippen LogP contribution in [0.3, 0.4) is 0 Å². The maximum absolute atomic E-state index is 7.37. The molecule has 3 N–H and O–H groups in total. The van der Waals surface area contributed by atoms with Crippen LogP contribution in [0.4, 0.5) is 5.69 Å². The zero-order valence-electron chi connectivity index (χ0n) is 8.38. The van der Waals surface area contributed by atoms with Crippen molar-refractivity contribution in [2.45, 2.75) is 12.8 Å². The molecule has 74 valence electrons. The van der Waals surface area contributed by atoms with E-state index >= 15 is 0 Å². The fourth-order valence-corrected chi connectivity index (χ4v) is 1.95. The molecule has 0 aromatic heterocycles. The van der Waals surface area contributed by atoms with Crippen LogP contribution in [-0.2, 0) is 6.42 Å². The van der Waals surface area contributed by atoms with Gasteiger partial charge in [-0.2, -0.15) is 0 Å². The third-order valence-electron chi connectivity index (χ3n) is 2.74. The summed E-state index contributed by atoms with van der Waals surface area (Å²) in [4.78, 5) is 2.25. The van der Waals surface area contributed by atoms with E-state index in [1.165, 1.54) is 17.7 Å². The van der Waals surface area contributed by atoms with Crippen LogP contribution in [0.1, 0.15) is 17.5 Å². The summed E-state index contributed by atoms with van der Waals surface area (Å²) < 4.78 is 0. The first-order valence-electron chi connectivity index (χ1n) is 4.87. The van der Waals surface area contributed by atoms with Crippen molar-refractivity contribution in [3.8, 4) is 0 Å². The molecule has 1 aliphatic heterocycles. The van der Waals surface area contributed by atoms with Gasteiger partial charge in [-0.1, -0.05) is 0 Å². The summed E-state index contributed by atoms with van der Waals surface area (Å²) in [5.74, 6) is 0.154. The lowest BCUT2D eigenvalue weighted by molar-refractivity contribution is 0.744. The Kier molecular flexibility index (Phi) is 2.15. The van der Waals surface area contributed by atoms with Gasteiger partial charge < -0.3 is 10.6 Å². The molecule has 2 rings (SSSR count). The molecule has 1 aliphatic rings. The summed E-state index contributed by atoms with van der Waals surface area (Å²) in [6, 6.07) is 6.02. The van der Waals surface area contributed by atoms with E-state index in [4.69, 9.17) is 11.1 Å². The minimum atomic E-state index is 0.154. The van der Waals surface area contributed by atoms with Gasteiger partial charge >= 0.3 is 0 Å². The Morgan fingerprint density at radius 1 is 1.50 bits per heavy atom. The first-order valence-corrected chi connectivity index (χ1v) is 4.87. The van der Waals surface area contributed by atoms with Crippen LogP contribution >= 0.6 is 0 Å². The molecule has 1 aromatic carbocycles. The Bertz CT molecular complexity index is 371. The highest BCUT2D eigenvalue weighted by Gasteiger charge is 2.13. The lowest BCUT2D eigenvalue weighted by Gasteiger charge is -2.27. The molecule has 0 unspecified atom stereocenters. The van der Waals surface area contributed by atoms with Crippen LogP contribution in [0.2, 0.25) is 0 Å². The van der Waals surface area contributed by atoms with E-state index in [2.05, 4.69) is 18.0 Å². The largest absolute Gasteiger partial charge is 0.384 e. The van der Waals surface area contributed by atoms with Crippen LogP contribution in [-0.4, -0.2) is 19.4 Å². The number of nitrogens with zero attached hydrogens (tertiary/aromatic N) is 1. The summed E-state index contributed by atoms with van der Waals surface area (Å²) in [5, 5.41) is 7.37. The fraction of sp³-hybridized carbons (Fsp3) is 0.364. The van der Waals surface area contributed by atoms with Gasteiger partial charge in [-0.3, -0.25) is 5.41 Å². The average Bonchev–Trinajstić information content (AvgIpc) is 2.17. The number of nitrogen functional groups attached to an aromatic ring is 1. The molecular weight excluding hydrogens is 174 g/mol. The minimum Gasteiger partial charge on any atom is -0.384 e. The molecule has 3 nitrogen and oxygen atoms in total. The molecular formula is C11H15N3. The SMILES string of the molecule is CN1CCCc2cc(C(=N)N)ccc21. The smallest absolute Gasteiger partial charge is 0.122 e. The van der Waals surface area contributed by atoms with Gasteiger partial charge in [-0.25, -0.2) is 0 Å². The number of benzene rings is 1. The maximum Gasteiger partial charge on any atom is 0.122 e. The lowest BCUT2D eigenvalue weighted by atomic mass is 9.99. The van der Waals surface area contributed by atoms with E-state index in [9.17, 15) is 0 Å². The summed E-state index contributed by atoms with van der Waals surface area (Å²) in [5.41, 5.74) is 8.87. The Morgan fingerprint density at radius 3 is 3.00 bits per heavy atom. The second-order valence-electron chi connectivity index (χ2n) is 3.78. The van der Waals surface area contributed by atoms with Crippen LogP contribution < -0.4 is 10.6 Å². The number of nitrogens with one attached hydrogen (secondary N) is 1. The van der Waals surface area contributed by atoms with Gasteiger partial charge in [0, 0.05) is 24.8 Å². The van der Waals surface area contributed by atoms with Crippen LogP contribution in [0, 0.1) is 5.41 Å². The van der Waals surface area contributed by atoms with E-state index < -0.39 is 0 Å². The van der Waals surface area contributed by atoms with Crippen molar-refractivity contribution in [2.24, 2.45) is 5.73 Å². The first kappa shape index (κ1) is 9.06. The number of aryl methyl sites for hydroxylation is 1. The van der Waals surface area contributed by atoms with Crippen LogP contribution in [0.15, 0.2) is 18.2 Å². The number of hydrogen-bond donors (Lipinski definition) is 2. The van der Waals surface area contributed by atoms with E-state index in [-0.39, 0.29) is 5.84 Å². The highest BCUT2D eigenvalue weighted by Crippen LogP contribution is 2.26. The quantitative estimate of drug-likeness (QED) is 0.517. The number of hydrogen-bond acceptors (Lipinski definition) is 2. The predicted molar refractivity (Wildman–Crippen MR) is 59.0 cm³/mol. The zero-order valence-corrected chi connectivity index (χ0v) is 8.38. The zero-order chi connectivity index (χ0) is 10.1. The van der Waals surface area contributed by atoms with Gasteiger partial charge in [0.15, 0.2) is 0 Å². The predicted octanol–water partition coefficient (Wildman–Crippen LogP) is 1.35. The number of fused-ring (bicyclic) bond motifs is 1. The molecule has 0 atom stereocenters. The summed E-state index contributed by atoms with van der Waals surface area (Å²) in [6.45, 7) is 1.12. The van der Waals surface area contributed by atoms with Crippen molar-refractivity contribution < 1.29 is 0 Å². The molecule has 0 fully saturated rings. The first-order chi connectivity index (χ1) is 6.68. The number of amidine groups is 1. The van der Waals surface area contributed by atoms with Crippen molar-refractivity contribution >= 4 is 11.5 Å².